The molecule has 2 heterocycles. The first-order valence-corrected chi connectivity index (χ1v) is 6.90. The van der Waals surface area contributed by atoms with E-state index in [1.165, 1.54) is 11.3 Å². The number of nitrogens with one attached hydrogen (secondary N) is 1. The van der Waals surface area contributed by atoms with E-state index in [0.29, 0.717) is 0 Å². The number of hydrogen-bond acceptors (Lipinski definition) is 3. The summed E-state index contributed by atoms with van der Waals surface area (Å²) in [4.78, 5) is 12.9. The van der Waals surface area contributed by atoms with Crippen molar-refractivity contribution < 1.29 is 4.79 Å². The molecular formula is C13H17N3OS. The molecule has 18 heavy (non-hydrogen) atoms. The van der Waals surface area contributed by atoms with Gasteiger partial charge in [-0.15, -0.1) is 11.3 Å². The molecule has 2 aromatic rings. The van der Waals surface area contributed by atoms with E-state index >= 15 is 0 Å². The van der Waals surface area contributed by atoms with Gasteiger partial charge in [-0.1, -0.05) is 6.92 Å². The van der Waals surface area contributed by atoms with Crippen LogP contribution in [-0.2, 0) is 0 Å². The first-order chi connectivity index (χ1) is 8.63. The van der Waals surface area contributed by atoms with E-state index < -0.39 is 0 Å². The van der Waals surface area contributed by atoms with Crippen molar-refractivity contribution in [2.45, 2.75) is 33.2 Å². The molecule has 0 aliphatic heterocycles. The van der Waals surface area contributed by atoms with E-state index in [0.717, 1.165) is 22.7 Å². The van der Waals surface area contributed by atoms with Gasteiger partial charge in [-0.3, -0.25) is 4.79 Å². The summed E-state index contributed by atoms with van der Waals surface area (Å²) in [5, 5.41) is 9.10. The zero-order valence-corrected chi connectivity index (χ0v) is 11.6. The highest BCUT2D eigenvalue weighted by Gasteiger charge is 2.14. The standard InChI is InChI=1S/C13H17N3OS/c1-4-10(3)16-11(5-7-14-16)15-13(17)12-9(2)6-8-18-12/h5-8,10H,4H2,1-3H3,(H,15,17). The summed E-state index contributed by atoms with van der Waals surface area (Å²) in [7, 11) is 0. The zero-order valence-electron chi connectivity index (χ0n) is 10.8. The maximum atomic E-state index is 12.1. The number of carbonyl (C=O) groups excluding carboxylic acids is 1. The lowest BCUT2D eigenvalue weighted by Crippen LogP contribution is -2.17. The molecule has 0 saturated carbocycles. The average molecular weight is 263 g/mol. The van der Waals surface area contributed by atoms with E-state index in [-0.39, 0.29) is 11.9 Å². The molecular weight excluding hydrogens is 246 g/mol. The van der Waals surface area contributed by atoms with Crippen LogP contribution >= 0.6 is 11.3 Å². The minimum atomic E-state index is -0.0625. The maximum Gasteiger partial charge on any atom is 0.267 e. The lowest BCUT2D eigenvalue weighted by atomic mass is 10.2. The van der Waals surface area contributed by atoms with Gasteiger partial charge in [0.25, 0.3) is 5.91 Å². The Hall–Kier alpha value is -1.62. The third-order valence-corrected chi connectivity index (χ3v) is 4.00. The van der Waals surface area contributed by atoms with Gasteiger partial charge in [0.1, 0.15) is 5.82 Å². The van der Waals surface area contributed by atoms with Gasteiger partial charge in [0.05, 0.1) is 17.1 Å². The molecule has 5 heteroatoms. The van der Waals surface area contributed by atoms with Gasteiger partial charge >= 0.3 is 0 Å². The molecule has 1 atom stereocenters. The number of aryl methyl sites for hydroxylation is 1. The number of aromatic nitrogens is 2. The number of rotatable bonds is 4. The Morgan fingerprint density at radius 1 is 1.56 bits per heavy atom. The summed E-state index contributed by atoms with van der Waals surface area (Å²) in [6.07, 6.45) is 2.69. The third kappa shape index (κ3) is 2.46. The molecule has 96 valence electrons. The summed E-state index contributed by atoms with van der Waals surface area (Å²) in [6, 6.07) is 4.05. The van der Waals surface area contributed by atoms with Crippen LogP contribution in [0.2, 0.25) is 0 Å². The molecule has 0 aliphatic rings. The van der Waals surface area contributed by atoms with Crippen LogP contribution in [0.1, 0.15) is 41.5 Å². The molecule has 0 fully saturated rings. The van der Waals surface area contributed by atoms with Gasteiger partial charge in [0.15, 0.2) is 0 Å². The fourth-order valence-electron chi connectivity index (χ4n) is 1.72. The van der Waals surface area contributed by atoms with Crippen LogP contribution in [0.3, 0.4) is 0 Å². The second-order valence-corrected chi connectivity index (χ2v) is 5.22. The molecule has 0 aliphatic carbocycles. The van der Waals surface area contributed by atoms with Gasteiger partial charge in [-0.2, -0.15) is 5.10 Å². The molecule has 1 amide bonds. The minimum Gasteiger partial charge on any atom is -0.306 e. The first-order valence-electron chi connectivity index (χ1n) is 6.02. The highest BCUT2D eigenvalue weighted by atomic mass is 32.1. The molecule has 0 radical (unpaired) electrons. The van der Waals surface area contributed by atoms with Crippen LogP contribution in [0.15, 0.2) is 23.7 Å². The minimum absolute atomic E-state index is 0.0625. The highest BCUT2D eigenvalue weighted by Crippen LogP contribution is 2.20. The Bertz CT molecular complexity index is 544. The maximum absolute atomic E-state index is 12.1. The zero-order chi connectivity index (χ0) is 13.1. The van der Waals surface area contributed by atoms with Crippen molar-refractivity contribution in [3.63, 3.8) is 0 Å². The van der Waals surface area contributed by atoms with Crippen molar-refractivity contribution in [3.05, 3.63) is 34.2 Å². The SMILES string of the molecule is CCC(C)n1nccc1NC(=O)c1sccc1C. The normalized spacial score (nSPS) is 12.4. The molecule has 0 aromatic carbocycles. The Morgan fingerprint density at radius 3 is 2.94 bits per heavy atom. The fourth-order valence-corrected chi connectivity index (χ4v) is 2.54. The van der Waals surface area contributed by atoms with Crippen molar-refractivity contribution in [3.8, 4) is 0 Å². The van der Waals surface area contributed by atoms with E-state index in [2.05, 4.69) is 24.3 Å². The summed E-state index contributed by atoms with van der Waals surface area (Å²) in [5.41, 5.74) is 1.01. The summed E-state index contributed by atoms with van der Waals surface area (Å²) in [6.45, 7) is 6.12. The monoisotopic (exact) mass is 263 g/mol. The number of amides is 1. The molecule has 1 unspecified atom stereocenters. The van der Waals surface area contributed by atoms with Crippen LogP contribution in [0.5, 0.6) is 0 Å². The second-order valence-electron chi connectivity index (χ2n) is 4.31. The number of nitrogens with zero attached hydrogens (tertiary/aromatic N) is 2. The molecule has 0 bridgehead atoms. The highest BCUT2D eigenvalue weighted by molar-refractivity contribution is 7.12. The van der Waals surface area contributed by atoms with Crippen molar-refractivity contribution in [1.29, 1.82) is 0 Å². The molecule has 0 saturated heterocycles. The van der Waals surface area contributed by atoms with Crippen LogP contribution in [-0.4, -0.2) is 15.7 Å². The Balaban J connectivity index is 2.18. The Kier molecular flexibility index (Phi) is 3.81. The van der Waals surface area contributed by atoms with E-state index in [4.69, 9.17) is 0 Å². The molecule has 2 rings (SSSR count). The van der Waals surface area contributed by atoms with Crippen molar-refractivity contribution >= 4 is 23.1 Å². The lowest BCUT2D eigenvalue weighted by Gasteiger charge is -2.14. The van der Waals surface area contributed by atoms with Gasteiger partial charge in [0.2, 0.25) is 0 Å². The van der Waals surface area contributed by atoms with Gasteiger partial charge < -0.3 is 5.32 Å². The number of hydrogen-bond donors (Lipinski definition) is 1. The van der Waals surface area contributed by atoms with E-state index in [9.17, 15) is 4.79 Å². The predicted molar refractivity (Wildman–Crippen MR) is 74.2 cm³/mol. The van der Waals surface area contributed by atoms with Crippen LogP contribution in [0.25, 0.3) is 0 Å². The third-order valence-electron chi connectivity index (χ3n) is 2.99. The van der Waals surface area contributed by atoms with Gasteiger partial charge in [0, 0.05) is 6.07 Å². The van der Waals surface area contributed by atoms with Gasteiger partial charge in [-0.25, -0.2) is 4.68 Å². The molecule has 1 N–H and O–H groups in total. The largest absolute Gasteiger partial charge is 0.306 e. The average Bonchev–Trinajstić information content (AvgIpc) is 2.97. The summed E-state index contributed by atoms with van der Waals surface area (Å²) >= 11 is 1.46. The summed E-state index contributed by atoms with van der Waals surface area (Å²) < 4.78 is 1.85. The van der Waals surface area contributed by atoms with E-state index in [1.54, 1.807) is 6.20 Å². The molecule has 0 spiro atoms. The van der Waals surface area contributed by atoms with Gasteiger partial charge in [-0.05, 0) is 37.3 Å². The predicted octanol–water partition coefficient (Wildman–Crippen LogP) is 3.48. The van der Waals surface area contributed by atoms with Crippen LogP contribution < -0.4 is 5.32 Å². The van der Waals surface area contributed by atoms with Crippen molar-refractivity contribution in [2.75, 3.05) is 5.32 Å². The van der Waals surface area contributed by atoms with Crippen LogP contribution in [0, 0.1) is 6.92 Å². The first kappa shape index (κ1) is 12.8. The quantitative estimate of drug-likeness (QED) is 0.918. The number of carbonyl (C=O) groups is 1. The molecule has 2 aromatic heterocycles. The second kappa shape index (κ2) is 5.35. The Labute approximate surface area is 111 Å². The van der Waals surface area contributed by atoms with Crippen molar-refractivity contribution in [1.82, 2.24) is 9.78 Å². The topological polar surface area (TPSA) is 46.9 Å². The number of thiophene rings is 1. The smallest absolute Gasteiger partial charge is 0.267 e. The molecule has 4 nitrogen and oxygen atoms in total. The lowest BCUT2D eigenvalue weighted by molar-refractivity contribution is 0.102. The summed E-state index contributed by atoms with van der Waals surface area (Å²) in [5.74, 6) is 0.690. The number of anilines is 1. The fraction of sp³-hybridized carbons (Fsp3) is 0.385. The Morgan fingerprint density at radius 2 is 2.33 bits per heavy atom. The van der Waals surface area contributed by atoms with E-state index in [1.807, 2.05) is 29.1 Å². The van der Waals surface area contributed by atoms with Crippen molar-refractivity contribution in [2.24, 2.45) is 0 Å². The van der Waals surface area contributed by atoms with Crippen LogP contribution in [0.4, 0.5) is 5.82 Å².